The summed E-state index contributed by atoms with van der Waals surface area (Å²) < 4.78 is 15.5. The smallest absolute Gasteiger partial charge is 0.408 e. The predicted molar refractivity (Wildman–Crippen MR) is 88.7 cm³/mol. The number of aryl methyl sites for hydroxylation is 1. The van der Waals surface area contributed by atoms with E-state index in [0.29, 0.717) is 17.9 Å². The number of benzene rings is 1. The van der Waals surface area contributed by atoms with Crippen LogP contribution in [0.2, 0.25) is 0 Å². The zero-order valence-electron chi connectivity index (χ0n) is 14.7. The van der Waals surface area contributed by atoms with Crippen LogP contribution in [0, 0.1) is 0 Å². The van der Waals surface area contributed by atoms with Crippen molar-refractivity contribution < 1.29 is 28.9 Å². The normalized spacial score (nSPS) is 12.2. The summed E-state index contributed by atoms with van der Waals surface area (Å²) in [5, 5.41) is 11.7. The van der Waals surface area contributed by atoms with Gasteiger partial charge in [-0.05, 0) is 57.4 Å². The Balaban J connectivity index is 2.77. The molecule has 24 heavy (non-hydrogen) atoms. The van der Waals surface area contributed by atoms with Crippen LogP contribution in [0.1, 0.15) is 32.8 Å². The third-order valence-electron chi connectivity index (χ3n) is 3.18. The third kappa shape index (κ3) is 6.36. The summed E-state index contributed by atoms with van der Waals surface area (Å²) in [6, 6.07) is 4.24. The number of hydrogen-bond donors (Lipinski definition) is 2. The van der Waals surface area contributed by atoms with Gasteiger partial charge in [0.15, 0.2) is 0 Å². The highest BCUT2D eigenvalue weighted by Gasteiger charge is 2.24. The van der Waals surface area contributed by atoms with Gasteiger partial charge in [-0.2, -0.15) is 0 Å². The molecular formula is C17H25NO6. The molecule has 0 bridgehead atoms. The average Bonchev–Trinajstić information content (AvgIpc) is 2.48. The Labute approximate surface area is 141 Å². The van der Waals surface area contributed by atoms with E-state index in [0.717, 1.165) is 5.56 Å². The van der Waals surface area contributed by atoms with Gasteiger partial charge < -0.3 is 24.6 Å². The predicted octanol–water partition coefficient (Wildman–Crippen LogP) is 2.61. The molecule has 0 radical (unpaired) electrons. The molecule has 0 aliphatic carbocycles. The molecule has 0 aromatic heterocycles. The van der Waals surface area contributed by atoms with Gasteiger partial charge in [0.05, 0.1) is 14.2 Å². The Morgan fingerprint density at radius 1 is 1.21 bits per heavy atom. The molecule has 1 rings (SSSR count). The van der Waals surface area contributed by atoms with Gasteiger partial charge in [-0.25, -0.2) is 9.59 Å². The number of hydrogen-bond acceptors (Lipinski definition) is 5. The second-order valence-corrected chi connectivity index (χ2v) is 6.25. The standard InChI is InChI=1S/C17H25NO6/c1-17(2,3)24-16(21)18-13(15(19)20)8-6-11-10-12(22-4)7-9-14(11)23-5/h7,9-10,13H,6,8H2,1-5H3,(H,18,21)(H,19,20)/t13-/m0/s1. The van der Waals surface area contributed by atoms with E-state index in [1.807, 2.05) is 0 Å². The van der Waals surface area contributed by atoms with Gasteiger partial charge in [0.25, 0.3) is 0 Å². The van der Waals surface area contributed by atoms with Crippen LogP contribution in [0.5, 0.6) is 11.5 Å². The number of alkyl carbamates (subject to hydrolysis) is 1. The monoisotopic (exact) mass is 339 g/mol. The van der Waals surface area contributed by atoms with Gasteiger partial charge in [0, 0.05) is 0 Å². The molecule has 0 spiro atoms. The Kier molecular flexibility index (Phi) is 6.88. The molecule has 134 valence electrons. The second-order valence-electron chi connectivity index (χ2n) is 6.25. The average molecular weight is 339 g/mol. The van der Waals surface area contributed by atoms with Crippen LogP contribution in [-0.2, 0) is 16.0 Å². The van der Waals surface area contributed by atoms with Gasteiger partial charge in [-0.1, -0.05) is 0 Å². The largest absolute Gasteiger partial charge is 0.497 e. The van der Waals surface area contributed by atoms with Crippen molar-refractivity contribution in [1.82, 2.24) is 5.32 Å². The van der Waals surface area contributed by atoms with Crippen molar-refractivity contribution in [2.45, 2.75) is 45.3 Å². The molecule has 1 aromatic rings. The fraction of sp³-hybridized carbons (Fsp3) is 0.529. The Hall–Kier alpha value is -2.44. The van der Waals surface area contributed by atoms with Gasteiger partial charge >= 0.3 is 12.1 Å². The Morgan fingerprint density at radius 3 is 2.38 bits per heavy atom. The minimum Gasteiger partial charge on any atom is -0.497 e. The molecule has 1 atom stereocenters. The summed E-state index contributed by atoms with van der Waals surface area (Å²) >= 11 is 0. The lowest BCUT2D eigenvalue weighted by atomic mass is 10.0. The number of carboxylic acid groups (broad SMARTS) is 1. The van der Waals surface area contributed by atoms with Crippen LogP contribution >= 0.6 is 0 Å². The van der Waals surface area contributed by atoms with Crippen LogP contribution in [0.25, 0.3) is 0 Å². The fourth-order valence-electron chi connectivity index (χ4n) is 2.08. The number of amides is 1. The van der Waals surface area contributed by atoms with Crippen LogP contribution in [0.3, 0.4) is 0 Å². The minimum absolute atomic E-state index is 0.193. The first-order chi connectivity index (χ1) is 11.2. The molecule has 2 N–H and O–H groups in total. The number of carboxylic acids is 1. The molecule has 0 aliphatic heterocycles. The topological polar surface area (TPSA) is 94.1 Å². The molecule has 0 unspecified atom stereocenters. The SMILES string of the molecule is COc1ccc(OC)c(CC[C@H](NC(=O)OC(C)(C)C)C(=O)O)c1. The summed E-state index contributed by atoms with van der Waals surface area (Å²) in [6.45, 7) is 5.14. The number of methoxy groups -OCH3 is 2. The van der Waals surface area contributed by atoms with Crippen molar-refractivity contribution in [3.8, 4) is 11.5 Å². The number of aliphatic carboxylic acids is 1. The number of nitrogens with one attached hydrogen (secondary N) is 1. The number of ether oxygens (including phenoxy) is 3. The van der Waals surface area contributed by atoms with Gasteiger partial charge in [0.1, 0.15) is 23.1 Å². The highest BCUT2D eigenvalue weighted by Crippen LogP contribution is 2.25. The Morgan fingerprint density at radius 2 is 1.88 bits per heavy atom. The summed E-state index contributed by atoms with van der Waals surface area (Å²) in [7, 11) is 3.09. The van der Waals surface area contributed by atoms with Crippen LogP contribution in [0.15, 0.2) is 18.2 Å². The molecular weight excluding hydrogens is 314 g/mol. The molecule has 0 saturated heterocycles. The molecule has 0 saturated carbocycles. The van der Waals surface area contributed by atoms with E-state index >= 15 is 0 Å². The zero-order chi connectivity index (χ0) is 18.3. The van der Waals surface area contributed by atoms with E-state index in [2.05, 4.69) is 5.32 Å². The van der Waals surface area contributed by atoms with E-state index in [9.17, 15) is 14.7 Å². The molecule has 1 aromatic carbocycles. The van der Waals surface area contributed by atoms with Crippen LogP contribution in [-0.4, -0.2) is 43.0 Å². The first-order valence-electron chi connectivity index (χ1n) is 7.59. The molecule has 0 fully saturated rings. The molecule has 7 heteroatoms. The lowest BCUT2D eigenvalue weighted by Gasteiger charge is -2.22. The number of carbonyl (C=O) groups excluding carboxylic acids is 1. The first kappa shape index (κ1) is 19.6. The minimum atomic E-state index is -1.12. The maximum atomic E-state index is 11.8. The third-order valence-corrected chi connectivity index (χ3v) is 3.18. The quantitative estimate of drug-likeness (QED) is 0.793. The second kappa shape index (κ2) is 8.42. The van der Waals surface area contributed by atoms with Crippen molar-refractivity contribution in [2.75, 3.05) is 14.2 Å². The van der Waals surface area contributed by atoms with Gasteiger partial charge in [-0.15, -0.1) is 0 Å². The highest BCUT2D eigenvalue weighted by molar-refractivity contribution is 5.80. The molecule has 0 heterocycles. The number of rotatable bonds is 7. The number of carbonyl (C=O) groups is 2. The van der Waals surface area contributed by atoms with Crippen molar-refractivity contribution in [3.63, 3.8) is 0 Å². The van der Waals surface area contributed by atoms with E-state index in [-0.39, 0.29) is 6.42 Å². The van der Waals surface area contributed by atoms with Crippen LogP contribution < -0.4 is 14.8 Å². The summed E-state index contributed by atoms with van der Waals surface area (Å²) in [4.78, 5) is 23.1. The fourth-order valence-corrected chi connectivity index (χ4v) is 2.08. The Bertz CT molecular complexity index is 579. The summed E-state index contributed by atoms with van der Waals surface area (Å²) in [5.74, 6) is 0.165. The lowest BCUT2D eigenvalue weighted by molar-refractivity contribution is -0.139. The highest BCUT2D eigenvalue weighted by atomic mass is 16.6. The van der Waals surface area contributed by atoms with Crippen molar-refractivity contribution in [2.24, 2.45) is 0 Å². The van der Waals surface area contributed by atoms with Gasteiger partial charge in [-0.3, -0.25) is 0 Å². The van der Waals surface area contributed by atoms with Crippen molar-refractivity contribution >= 4 is 12.1 Å². The van der Waals surface area contributed by atoms with E-state index in [1.165, 1.54) is 0 Å². The first-order valence-corrected chi connectivity index (χ1v) is 7.59. The van der Waals surface area contributed by atoms with Crippen molar-refractivity contribution in [3.05, 3.63) is 23.8 Å². The maximum absolute atomic E-state index is 11.8. The molecule has 7 nitrogen and oxygen atoms in total. The van der Waals surface area contributed by atoms with Crippen molar-refractivity contribution in [1.29, 1.82) is 0 Å². The van der Waals surface area contributed by atoms with E-state index in [4.69, 9.17) is 14.2 Å². The lowest BCUT2D eigenvalue weighted by Crippen LogP contribution is -2.43. The van der Waals surface area contributed by atoms with E-state index in [1.54, 1.807) is 53.2 Å². The van der Waals surface area contributed by atoms with Crippen LogP contribution in [0.4, 0.5) is 4.79 Å². The van der Waals surface area contributed by atoms with E-state index < -0.39 is 23.7 Å². The molecule has 1 amide bonds. The zero-order valence-corrected chi connectivity index (χ0v) is 14.7. The molecule has 0 aliphatic rings. The summed E-state index contributed by atoms with van der Waals surface area (Å²) in [5.41, 5.74) is 0.109. The summed E-state index contributed by atoms with van der Waals surface area (Å²) in [6.07, 6.45) is -0.168. The van der Waals surface area contributed by atoms with Gasteiger partial charge in [0.2, 0.25) is 0 Å². The maximum Gasteiger partial charge on any atom is 0.408 e.